The molecule has 1 aromatic rings. The van der Waals surface area contributed by atoms with E-state index in [1.807, 2.05) is 24.3 Å². The standard InChI is InChI=1S/C22H34N2O2/c1-18-7-9-21(10-8-18)26-17-22(25)24-13-5-3-4-6-20(24)16-23-14-11-19(2)12-15-23/h7-10,19-20H,3-6,11-17H2,1-2H3. The van der Waals surface area contributed by atoms with E-state index >= 15 is 0 Å². The first-order chi connectivity index (χ1) is 12.6. The Morgan fingerprint density at radius 1 is 1.04 bits per heavy atom. The fraction of sp³-hybridized carbons (Fsp3) is 0.682. The second-order valence-corrected chi connectivity index (χ2v) is 8.18. The molecule has 0 spiro atoms. The largest absolute Gasteiger partial charge is 0.484 e. The topological polar surface area (TPSA) is 32.8 Å². The Bertz CT molecular complexity index is 564. The molecule has 1 unspecified atom stereocenters. The van der Waals surface area contributed by atoms with Crippen molar-refractivity contribution in [2.45, 2.75) is 58.4 Å². The summed E-state index contributed by atoms with van der Waals surface area (Å²) in [5.74, 6) is 1.77. The molecule has 2 aliphatic heterocycles. The van der Waals surface area contributed by atoms with Gasteiger partial charge in [0.15, 0.2) is 6.61 Å². The molecule has 1 amide bonds. The minimum Gasteiger partial charge on any atom is -0.484 e. The van der Waals surface area contributed by atoms with Crippen LogP contribution in [0.1, 0.15) is 51.0 Å². The maximum absolute atomic E-state index is 12.9. The zero-order valence-corrected chi connectivity index (χ0v) is 16.5. The Morgan fingerprint density at radius 2 is 1.77 bits per heavy atom. The van der Waals surface area contributed by atoms with Crippen LogP contribution in [-0.2, 0) is 4.79 Å². The van der Waals surface area contributed by atoms with Crippen molar-refractivity contribution in [3.63, 3.8) is 0 Å². The van der Waals surface area contributed by atoms with Gasteiger partial charge in [-0.1, -0.05) is 37.5 Å². The number of piperidine rings is 1. The predicted octanol–water partition coefficient (Wildman–Crippen LogP) is 3.88. The van der Waals surface area contributed by atoms with Crippen molar-refractivity contribution in [2.75, 3.05) is 32.8 Å². The fourth-order valence-corrected chi connectivity index (χ4v) is 4.10. The first-order valence-corrected chi connectivity index (χ1v) is 10.3. The van der Waals surface area contributed by atoms with Gasteiger partial charge in [-0.25, -0.2) is 0 Å². The minimum atomic E-state index is 0.142. The molecule has 0 aromatic heterocycles. The maximum atomic E-state index is 12.9. The van der Waals surface area contributed by atoms with E-state index in [0.29, 0.717) is 6.04 Å². The average molecular weight is 359 g/mol. The molecule has 2 fully saturated rings. The van der Waals surface area contributed by atoms with Crippen molar-refractivity contribution >= 4 is 5.91 Å². The van der Waals surface area contributed by atoms with Gasteiger partial charge in [-0.3, -0.25) is 4.79 Å². The number of ether oxygens (including phenoxy) is 1. The molecule has 1 atom stereocenters. The molecule has 0 bridgehead atoms. The molecule has 0 aliphatic carbocycles. The number of nitrogens with zero attached hydrogens (tertiary/aromatic N) is 2. The zero-order chi connectivity index (χ0) is 18.4. The SMILES string of the molecule is Cc1ccc(OCC(=O)N2CCCCCC2CN2CCC(C)CC2)cc1. The highest BCUT2D eigenvalue weighted by Gasteiger charge is 2.28. The first-order valence-electron chi connectivity index (χ1n) is 10.3. The van der Waals surface area contributed by atoms with Crippen molar-refractivity contribution in [3.05, 3.63) is 29.8 Å². The molecule has 0 N–H and O–H groups in total. The summed E-state index contributed by atoms with van der Waals surface area (Å²) in [6, 6.07) is 8.27. The molecule has 2 saturated heterocycles. The Hall–Kier alpha value is -1.55. The molecule has 0 radical (unpaired) electrons. The lowest BCUT2D eigenvalue weighted by molar-refractivity contribution is -0.136. The normalized spacial score (nSPS) is 22.8. The fourth-order valence-electron chi connectivity index (χ4n) is 4.10. The van der Waals surface area contributed by atoms with Gasteiger partial charge in [-0.2, -0.15) is 0 Å². The van der Waals surface area contributed by atoms with E-state index in [0.717, 1.165) is 37.6 Å². The van der Waals surface area contributed by atoms with Crippen LogP contribution < -0.4 is 4.74 Å². The number of benzene rings is 1. The number of amides is 1. The minimum absolute atomic E-state index is 0.142. The van der Waals surface area contributed by atoms with Crippen LogP contribution in [0.2, 0.25) is 0 Å². The number of carbonyl (C=O) groups is 1. The second kappa shape index (κ2) is 9.40. The van der Waals surface area contributed by atoms with Gasteiger partial charge >= 0.3 is 0 Å². The lowest BCUT2D eigenvalue weighted by Gasteiger charge is -2.37. The number of aryl methyl sites for hydroxylation is 1. The van der Waals surface area contributed by atoms with Crippen molar-refractivity contribution in [1.29, 1.82) is 0 Å². The highest BCUT2D eigenvalue weighted by Crippen LogP contribution is 2.22. The molecule has 4 heteroatoms. The summed E-state index contributed by atoms with van der Waals surface area (Å²) < 4.78 is 5.76. The molecule has 144 valence electrons. The van der Waals surface area contributed by atoms with Gasteiger partial charge in [-0.15, -0.1) is 0 Å². The lowest BCUT2D eigenvalue weighted by atomic mass is 9.98. The molecule has 0 saturated carbocycles. The van der Waals surface area contributed by atoms with E-state index in [9.17, 15) is 4.79 Å². The van der Waals surface area contributed by atoms with E-state index in [-0.39, 0.29) is 12.5 Å². The lowest BCUT2D eigenvalue weighted by Crippen LogP contribution is -2.49. The van der Waals surface area contributed by atoms with Gasteiger partial charge in [-0.05, 0) is 63.7 Å². The Balaban J connectivity index is 1.56. The molecular weight excluding hydrogens is 324 g/mol. The van der Waals surface area contributed by atoms with Crippen LogP contribution in [0.25, 0.3) is 0 Å². The Morgan fingerprint density at radius 3 is 2.50 bits per heavy atom. The third-order valence-corrected chi connectivity index (χ3v) is 5.93. The number of carbonyl (C=O) groups excluding carboxylic acids is 1. The molecule has 26 heavy (non-hydrogen) atoms. The smallest absolute Gasteiger partial charge is 0.260 e. The first kappa shape index (κ1) is 19.2. The van der Waals surface area contributed by atoms with Gasteiger partial charge in [0, 0.05) is 19.1 Å². The van der Waals surface area contributed by atoms with Gasteiger partial charge in [0.2, 0.25) is 0 Å². The predicted molar refractivity (Wildman–Crippen MR) is 105 cm³/mol. The van der Waals surface area contributed by atoms with Gasteiger partial charge in [0.1, 0.15) is 5.75 Å². The third kappa shape index (κ3) is 5.47. The van der Waals surface area contributed by atoms with Crippen LogP contribution in [-0.4, -0.2) is 54.5 Å². The monoisotopic (exact) mass is 358 g/mol. The van der Waals surface area contributed by atoms with Crippen LogP contribution >= 0.6 is 0 Å². The van der Waals surface area contributed by atoms with Crippen molar-refractivity contribution in [1.82, 2.24) is 9.80 Å². The Kier molecular flexibility index (Phi) is 6.95. The van der Waals surface area contributed by atoms with Crippen LogP contribution in [0.3, 0.4) is 0 Å². The van der Waals surface area contributed by atoms with E-state index in [1.165, 1.54) is 44.3 Å². The van der Waals surface area contributed by atoms with E-state index in [1.54, 1.807) is 0 Å². The van der Waals surface area contributed by atoms with Crippen molar-refractivity contribution in [3.8, 4) is 5.75 Å². The summed E-state index contributed by atoms with van der Waals surface area (Å²) in [5, 5.41) is 0. The summed E-state index contributed by atoms with van der Waals surface area (Å²) >= 11 is 0. The molecule has 2 heterocycles. The number of likely N-dealkylation sites (tertiary alicyclic amines) is 2. The van der Waals surface area contributed by atoms with Crippen LogP contribution in [0.5, 0.6) is 5.75 Å². The summed E-state index contributed by atoms with van der Waals surface area (Å²) in [5.41, 5.74) is 1.20. The van der Waals surface area contributed by atoms with Crippen molar-refractivity contribution in [2.24, 2.45) is 5.92 Å². The average Bonchev–Trinajstić information content (AvgIpc) is 2.88. The highest BCUT2D eigenvalue weighted by atomic mass is 16.5. The molecule has 1 aromatic carbocycles. The van der Waals surface area contributed by atoms with Crippen LogP contribution in [0.4, 0.5) is 0 Å². The van der Waals surface area contributed by atoms with E-state index in [4.69, 9.17) is 4.74 Å². The van der Waals surface area contributed by atoms with Crippen LogP contribution in [0.15, 0.2) is 24.3 Å². The summed E-state index contributed by atoms with van der Waals surface area (Å²) in [6.45, 7) is 8.82. The van der Waals surface area contributed by atoms with Crippen LogP contribution in [0, 0.1) is 12.8 Å². The highest BCUT2D eigenvalue weighted by molar-refractivity contribution is 5.78. The molecular formula is C22H34N2O2. The van der Waals surface area contributed by atoms with Gasteiger partial charge in [0.25, 0.3) is 5.91 Å². The molecule has 4 nitrogen and oxygen atoms in total. The molecule has 3 rings (SSSR count). The number of hydrogen-bond donors (Lipinski definition) is 0. The van der Waals surface area contributed by atoms with Crippen molar-refractivity contribution < 1.29 is 9.53 Å². The maximum Gasteiger partial charge on any atom is 0.260 e. The Labute approximate surface area is 158 Å². The third-order valence-electron chi connectivity index (χ3n) is 5.93. The van der Waals surface area contributed by atoms with E-state index < -0.39 is 0 Å². The zero-order valence-electron chi connectivity index (χ0n) is 16.5. The molecule has 2 aliphatic rings. The summed E-state index contributed by atoms with van der Waals surface area (Å²) in [4.78, 5) is 17.6. The van der Waals surface area contributed by atoms with Gasteiger partial charge in [0.05, 0.1) is 0 Å². The number of hydrogen-bond acceptors (Lipinski definition) is 3. The second-order valence-electron chi connectivity index (χ2n) is 8.18. The quantitative estimate of drug-likeness (QED) is 0.801. The van der Waals surface area contributed by atoms with E-state index in [2.05, 4.69) is 23.6 Å². The summed E-state index contributed by atoms with van der Waals surface area (Å²) in [6.07, 6.45) is 7.29. The summed E-state index contributed by atoms with van der Waals surface area (Å²) in [7, 11) is 0. The number of rotatable bonds is 5. The van der Waals surface area contributed by atoms with Gasteiger partial charge < -0.3 is 14.5 Å².